The average molecular weight is 429 g/mol. The van der Waals surface area contributed by atoms with Gasteiger partial charge < -0.3 is 9.47 Å². The Balaban J connectivity index is 1.54. The highest BCUT2D eigenvalue weighted by Gasteiger charge is 2.28. The van der Waals surface area contributed by atoms with Crippen molar-refractivity contribution in [3.8, 4) is 28.6 Å². The van der Waals surface area contributed by atoms with Crippen LogP contribution in [0.25, 0.3) is 16.9 Å². The van der Waals surface area contributed by atoms with E-state index in [9.17, 15) is 8.42 Å². The maximum Gasteiger partial charge on any atom is 0.213 e. The number of benzene rings is 1. The summed E-state index contributed by atoms with van der Waals surface area (Å²) in [6.45, 7) is 0.482. The molecule has 0 unspecified atom stereocenters. The van der Waals surface area contributed by atoms with Gasteiger partial charge in [-0.2, -0.15) is 5.10 Å². The van der Waals surface area contributed by atoms with Crippen molar-refractivity contribution in [2.24, 2.45) is 0 Å². The first-order valence-corrected chi connectivity index (χ1v) is 11.6. The molecule has 1 aliphatic carbocycles. The Morgan fingerprint density at radius 1 is 1.17 bits per heavy atom. The minimum Gasteiger partial charge on any atom is -0.492 e. The maximum atomic E-state index is 11.1. The highest BCUT2D eigenvalue weighted by molar-refractivity contribution is 7.88. The fourth-order valence-corrected chi connectivity index (χ4v) is 3.57. The second kappa shape index (κ2) is 8.45. The van der Waals surface area contributed by atoms with Crippen LogP contribution in [0.3, 0.4) is 0 Å². The average Bonchev–Trinajstić information content (AvgIpc) is 3.50. The first-order valence-electron chi connectivity index (χ1n) is 9.71. The van der Waals surface area contributed by atoms with Crippen LogP contribution in [0, 0.1) is 0 Å². The molecule has 0 radical (unpaired) electrons. The van der Waals surface area contributed by atoms with Crippen LogP contribution >= 0.6 is 0 Å². The number of hydrogen-bond acceptors (Lipinski definition) is 6. The molecule has 1 fully saturated rings. The molecule has 0 aliphatic heterocycles. The summed E-state index contributed by atoms with van der Waals surface area (Å²) in [5, 5.41) is 4.82. The minimum absolute atomic E-state index is 0.225. The second-order valence-corrected chi connectivity index (χ2v) is 9.07. The number of nitrogens with zero attached hydrogens (tertiary/aromatic N) is 3. The molecular weight excluding hydrogens is 404 g/mol. The van der Waals surface area contributed by atoms with Gasteiger partial charge in [0.2, 0.25) is 15.9 Å². The first kappa shape index (κ1) is 20.4. The van der Waals surface area contributed by atoms with E-state index in [2.05, 4.69) is 15.8 Å². The van der Waals surface area contributed by atoms with Crippen molar-refractivity contribution in [1.29, 1.82) is 0 Å². The normalized spacial score (nSPS) is 13.9. The predicted molar refractivity (Wildman–Crippen MR) is 114 cm³/mol. The van der Waals surface area contributed by atoms with Crippen LogP contribution in [0.15, 0.2) is 48.7 Å². The lowest BCUT2D eigenvalue weighted by Crippen LogP contribution is -2.26. The summed E-state index contributed by atoms with van der Waals surface area (Å²) in [7, 11) is -1.62. The van der Waals surface area contributed by atoms with Gasteiger partial charge in [0.05, 0.1) is 36.6 Å². The molecule has 1 saturated carbocycles. The van der Waals surface area contributed by atoms with Gasteiger partial charge in [-0.05, 0) is 49.2 Å². The van der Waals surface area contributed by atoms with Crippen LogP contribution < -0.4 is 14.2 Å². The molecule has 9 heteroatoms. The summed E-state index contributed by atoms with van der Waals surface area (Å²) < 4.78 is 37.3. The zero-order valence-electron chi connectivity index (χ0n) is 16.9. The van der Waals surface area contributed by atoms with E-state index in [1.165, 1.54) is 12.8 Å². The number of ether oxygens (including phenoxy) is 2. The first-order chi connectivity index (χ1) is 14.4. The summed E-state index contributed by atoms with van der Waals surface area (Å²) in [5.41, 5.74) is 3.94. The number of aromatic nitrogens is 3. The Morgan fingerprint density at radius 2 is 1.93 bits per heavy atom. The Kier molecular flexibility index (Phi) is 5.74. The van der Waals surface area contributed by atoms with E-state index < -0.39 is 10.0 Å². The third-order valence-electron chi connectivity index (χ3n) is 4.78. The van der Waals surface area contributed by atoms with Crippen molar-refractivity contribution in [1.82, 2.24) is 19.5 Å². The molecule has 3 aromatic rings. The van der Waals surface area contributed by atoms with Gasteiger partial charge in [-0.3, -0.25) is 0 Å². The summed E-state index contributed by atoms with van der Waals surface area (Å²) >= 11 is 0. The lowest BCUT2D eigenvalue weighted by molar-refractivity contribution is 0.323. The zero-order valence-corrected chi connectivity index (χ0v) is 17.7. The molecule has 0 bridgehead atoms. The van der Waals surface area contributed by atoms with Crippen LogP contribution in [0.1, 0.15) is 24.5 Å². The molecule has 1 aliphatic rings. The SMILES string of the molecule is COc1ccc(-n2nc(C3CC3)cc2-c2ccc(OCCNS(C)(=O)=O)cc2)cn1. The summed E-state index contributed by atoms with van der Waals surface area (Å²) in [6, 6.07) is 13.6. The molecule has 30 heavy (non-hydrogen) atoms. The van der Waals surface area contributed by atoms with Crippen molar-refractivity contribution >= 4 is 10.0 Å². The van der Waals surface area contributed by atoms with Gasteiger partial charge in [0, 0.05) is 24.1 Å². The Bertz CT molecular complexity index is 1100. The molecule has 0 amide bonds. The molecule has 2 aromatic heterocycles. The number of pyridine rings is 1. The maximum absolute atomic E-state index is 11.1. The molecule has 158 valence electrons. The highest BCUT2D eigenvalue weighted by atomic mass is 32.2. The van der Waals surface area contributed by atoms with E-state index in [1.54, 1.807) is 13.3 Å². The molecule has 0 saturated heterocycles. The predicted octanol–water partition coefficient (Wildman–Crippen LogP) is 2.75. The molecule has 0 atom stereocenters. The van der Waals surface area contributed by atoms with Crippen LogP contribution in [0.4, 0.5) is 0 Å². The van der Waals surface area contributed by atoms with Gasteiger partial charge in [-0.15, -0.1) is 0 Å². The molecule has 4 rings (SSSR count). The Hall–Kier alpha value is -2.91. The molecule has 8 nitrogen and oxygen atoms in total. The molecule has 2 heterocycles. The molecule has 1 aromatic carbocycles. The van der Waals surface area contributed by atoms with E-state index >= 15 is 0 Å². The molecule has 0 spiro atoms. The summed E-state index contributed by atoms with van der Waals surface area (Å²) in [4.78, 5) is 4.30. The smallest absolute Gasteiger partial charge is 0.213 e. The van der Waals surface area contributed by atoms with Crippen LogP contribution in [0.5, 0.6) is 11.6 Å². The van der Waals surface area contributed by atoms with E-state index in [1.807, 2.05) is 41.1 Å². The van der Waals surface area contributed by atoms with Gasteiger partial charge in [-0.25, -0.2) is 22.8 Å². The van der Waals surface area contributed by atoms with Crippen LogP contribution in [0.2, 0.25) is 0 Å². The quantitative estimate of drug-likeness (QED) is 0.527. The third kappa shape index (κ3) is 4.98. The Morgan fingerprint density at radius 3 is 2.53 bits per heavy atom. The summed E-state index contributed by atoms with van der Waals surface area (Å²) in [5.74, 6) is 1.76. The van der Waals surface area contributed by atoms with Gasteiger partial charge in [0.1, 0.15) is 12.4 Å². The lowest BCUT2D eigenvalue weighted by atomic mass is 10.1. The van der Waals surface area contributed by atoms with Gasteiger partial charge in [0.15, 0.2) is 0 Å². The number of methoxy groups -OCH3 is 1. The number of nitrogens with one attached hydrogen (secondary N) is 1. The van der Waals surface area contributed by atoms with E-state index in [-0.39, 0.29) is 13.2 Å². The van der Waals surface area contributed by atoms with Gasteiger partial charge in [-0.1, -0.05) is 0 Å². The molecule has 1 N–H and O–H groups in total. The van der Waals surface area contributed by atoms with Crippen molar-refractivity contribution in [2.75, 3.05) is 26.5 Å². The second-order valence-electron chi connectivity index (χ2n) is 7.24. The number of hydrogen-bond donors (Lipinski definition) is 1. The van der Waals surface area contributed by atoms with Crippen LogP contribution in [-0.2, 0) is 10.0 Å². The topological polar surface area (TPSA) is 95.3 Å². The van der Waals surface area contributed by atoms with Crippen molar-refractivity contribution in [2.45, 2.75) is 18.8 Å². The minimum atomic E-state index is -3.21. The monoisotopic (exact) mass is 428 g/mol. The van der Waals surface area contributed by atoms with Gasteiger partial charge in [0.25, 0.3) is 0 Å². The molecular formula is C21H24N4O4S. The van der Waals surface area contributed by atoms with E-state index in [4.69, 9.17) is 14.6 Å². The fraction of sp³-hybridized carbons (Fsp3) is 0.333. The standard InChI is InChI=1S/C21H24N4O4S/c1-28-21-10-7-17(14-22-21)25-20(13-19(24-25)15-3-4-15)16-5-8-18(9-6-16)29-12-11-23-30(2,26)27/h5-10,13-15,23H,3-4,11-12H2,1-2H3. The third-order valence-corrected chi connectivity index (χ3v) is 5.51. The summed E-state index contributed by atoms with van der Waals surface area (Å²) in [6.07, 6.45) is 5.22. The van der Waals surface area contributed by atoms with Crippen LogP contribution in [-0.4, -0.2) is 49.7 Å². The highest BCUT2D eigenvalue weighted by Crippen LogP contribution is 2.41. The fourth-order valence-electron chi connectivity index (χ4n) is 3.12. The van der Waals surface area contributed by atoms with E-state index in [0.29, 0.717) is 17.5 Å². The van der Waals surface area contributed by atoms with E-state index in [0.717, 1.165) is 28.9 Å². The van der Waals surface area contributed by atoms with Gasteiger partial charge >= 0.3 is 0 Å². The zero-order chi connectivity index (χ0) is 21.1. The van der Waals surface area contributed by atoms with Crippen molar-refractivity contribution < 1.29 is 17.9 Å². The van der Waals surface area contributed by atoms with Crippen molar-refractivity contribution in [3.63, 3.8) is 0 Å². The largest absolute Gasteiger partial charge is 0.492 e. The number of rotatable bonds is 9. The lowest BCUT2D eigenvalue weighted by Gasteiger charge is -2.10. The van der Waals surface area contributed by atoms with Crippen molar-refractivity contribution in [3.05, 3.63) is 54.4 Å². The number of sulfonamides is 1. The Labute approximate surface area is 175 Å².